The number of nitrogens with zero attached hydrogens (tertiary/aromatic N) is 1. The van der Waals surface area contributed by atoms with Gasteiger partial charge in [0.1, 0.15) is 0 Å². The number of carbonyl (C=O) groups is 3. The van der Waals surface area contributed by atoms with Crippen LogP contribution >= 0.6 is 0 Å². The second kappa shape index (κ2) is 6.52. The van der Waals surface area contributed by atoms with Gasteiger partial charge < -0.3 is 5.32 Å². The minimum absolute atomic E-state index is 0.0963. The van der Waals surface area contributed by atoms with Gasteiger partial charge in [0.15, 0.2) is 0 Å². The number of hydrogen-bond donors (Lipinski definition) is 1. The van der Waals surface area contributed by atoms with Gasteiger partial charge in [-0.15, -0.1) is 0 Å². The van der Waals surface area contributed by atoms with Crippen molar-refractivity contribution < 1.29 is 14.4 Å². The highest BCUT2D eigenvalue weighted by atomic mass is 16.2. The van der Waals surface area contributed by atoms with Crippen molar-refractivity contribution >= 4 is 23.4 Å². The Labute approximate surface area is 124 Å². The van der Waals surface area contributed by atoms with Crippen LogP contribution in [0, 0.1) is 13.8 Å². The SMILES string of the molecule is Cc1ccc(NC(=O)CCCN2C(=O)CCC2=O)c(C)c1. The Morgan fingerprint density at radius 1 is 1.19 bits per heavy atom. The average Bonchev–Trinajstić information content (AvgIpc) is 2.74. The first-order valence-corrected chi connectivity index (χ1v) is 7.17. The number of hydrogen-bond acceptors (Lipinski definition) is 3. The molecule has 0 aromatic heterocycles. The van der Waals surface area contributed by atoms with Crippen LogP contribution in [0.3, 0.4) is 0 Å². The molecule has 1 N–H and O–H groups in total. The monoisotopic (exact) mass is 288 g/mol. The highest BCUT2D eigenvalue weighted by molar-refractivity contribution is 6.02. The third-order valence-electron chi connectivity index (χ3n) is 3.60. The summed E-state index contributed by atoms with van der Waals surface area (Å²) in [7, 11) is 0. The van der Waals surface area contributed by atoms with Crippen LogP contribution in [0.2, 0.25) is 0 Å². The molecule has 21 heavy (non-hydrogen) atoms. The zero-order chi connectivity index (χ0) is 15.4. The van der Waals surface area contributed by atoms with Crippen molar-refractivity contribution in [1.29, 1.82) is 0 Å². The molecule has 3 amide bonds. The van der Waals surface area contributed by atoms with E-state index in [9.17, 15) is 14.4 Å². The highest BCUT2D eigenvalue weighted by Crippen LogP contribution is 2.17. The van der Waals surface area contributed by atoms with Gasteiger partial charge in [-0.2, -0.15) is 0 Å². The Hall–Kier alpha value is -2.17. The molecule has 1 aliphatic heterocycles. The van der Waals surface area contributed by atoms with Crippen LogP contribution in [-0.2, 0) is 14.4 Å². The lowest BCUT2D eigenvalue weighted by molar-refractivity contribution is -0.138. The van der Waals surface area contributed by atoms with Gasteiger partial charge in [-0.3, -0.25) is 19.3 Å². The van der Waals surface area contributed by atoms with Crippen LogP contribution in [-0.4, -0.2) is 29.2 Å². The summed E-state index contributed by atoms with van der Waals surface area (Å²) in [6.45, 7) is 4.28. The first kappa shape index (κ1) is 15.2. The molecule has 5 heteroatoms. The zero-order valence-corrected chi connectivity index (χ0v) is 12.4. The van der Waals surface area contributed by atoms with Crippen molar-refractivity contribution in [3.8, 4) is 0 Å². The van der Waals surface area contributed by atoms with E-state index >= 15 is 0 Å². The lowest BCUT2D eigenvalue weighted by Crippen LogP contribution is -2.30. The number of benzene rings is 1. The predicted molar refractivity (Wildman–Crippen MR) is 79.7 cm³/mol. The second-order valence-electron chi connectivity index (χ2n) is 5.41. The fourth-order valence-electron chi connectivity index (χ4n) is 2.44. The Morgan fingerprint density at radius 3 is 2.48 bits per heavy atom. The van der Waals surface area contributed by atoms with Crippen LogP contribution in [0.25, 0.3) is 0 Å². The van der Waals surface area contributed by atoms with Crippen molar-refractivity contribution in [2.24, 2.45) is 0 Å². The predicted octanol–water partition coefficient (Wildman–Crippen LogP) is 2.17. The standard InChI is InChI=1S/C16H20N2O3/c1-11-5-6-13(12(2)10-11)17-14(19)4-3-9-18-15(20)7-8-16(18)21/h5-6,10H,3-4,7-9H2,1-2H3,(H,17,19). The molecule has 1 aromatic carbocycles. The number of likely N-dealkylation sites (tertiary alicyclic amines) is 1. The summed E-state index contributed by atoms with van der Waals surface area (Å²) in [6.07, 6.45) is 1.39. The van der Waals surface area contributed by atoms with Crippen LogP contribution in [0.15, 0.2) is 18.2 Å². The maximum absolute atomic E-state index is 11.9. The van der Waals surface area contributed by atoms with Crippen LogP contribution in [0.1, 0.15) is 36.8 Å². The summed E-state index contributed by atoms with van der Waals surface area (Å²) in [6, 6.07) is 5.84. The van der Waals surface area contributed by atoms with Gasteiger partial charge >= 0.3 is 0 Å². The quantitative estimate of drug-likeness (QED) is 0.844. The van der Waals surface area contributed by atoms with Gasteiger partial charge in [0.05, 0.1) is 0 Å². The number of anilines is 1. The second-order valence-corrected chi connectivity index (χ2v) is 5.41. The van der Waals surface area contributed by atoms with E-state index < -0.39 is 0 Å². The van der Waals surface area contributed by atoms with E-state index in [4.69, 9.17) is 0 Å². The molecule has 0 unspecified atom stereocenters. The first-order chi connectivity index (χ1) is 9.97. The molecular formula is C16H20N2O3. The molecule has 5 nitrogen and oxygen atoms in total. The Bertz CT molecular complexity index is 565. The first-order valence-electron chi connectivity index (χ1n) is 7.17. The van der Waals surface area contributed by atoms with E-state index in [1.165, 1.54) is 4.90 Å². The summed E-state index contributed by atoms with van der Waals surface area (Å²) < 4.78 is 0. The van der Waals surface area contributed by atoms with Crippen molar-refractivity contribution in [3.63, 3.8) is 0 Å². The molecule has 1 fully saturated rings. The number of amides is 3. The Kier molecular flexibility index (Phi) is 4.73. The number of nitrogens with one attached hydrogen (secondary N) is 1. The Morgan fingerprint density at radius 2 is 1.86 bits per heavy atom. The maximum Gasteiger partial charge on any atom is 0.229 e. The summed E-state index contributed by atoms with van der Waals surface area (Å²) in [5, 5.41) is 2.86. The van der Waals surface area contributed by atoms with E-state index in [0.29, 0.717) is 32.2 Å². The molecule has 2 rings (SSSR count). The summed E-state index contributed by atoms with van der Waals surface area (Å²) in [5.41, 5.74) is 2.98. The van der Waals surface area contributed by atoms with Gasteiger partial charge in [-0.25, -0.2) is 0 Å². The molecule has 0 saturated carbocycles. The molecule has 112 valence electrons. The van der Waals surface area contributed by atoms with E-state index in [2.05, 4.69) is 5.32 Å². The number of rotatable bonds is 5. The number of carbonyl (C=O) groups excluding carboxylic acids is 3. The largest absolute Gasteiger partial charge is 0.326 e. The molecule has 0 radical (unpaired) electrons. The molecule has 0 bridgehead atoms. The van der Waals surface area contributed by atoms with Crippen molar-refractivity contribution in [1.82, 2.24) is 4.90 Å². The normalized spacial score (nSPS) is 14.7. The summed E-state index contributed by atoms with van der Waals surface area (Å²) in [4.78, 5) is 36.0. The maximum atomic E-state index is 11.9. The van der Waals surface area contributed by atoms with Crippen molar-refractivity contribution in [2.75, 3.05) is 11.9 Å². The summed E-state index contributed by atoms with van der Waals surface area (Å²) >= 11 is 0. The van der Waals surface area contributed by atoms with E-state index in [-0.39, 0.29) is 17.7 Å². The summed E-state index contributed by atoms with van der Waals surface area (Å²) in [5.74, 6) is -0.356. The minimum Gasteiger partial charge on any atom is -0.326 e. The van der Waals surface area contributed by atoms with Gasteiger partial charge in [0.2, 0.25) is 17.7 Å². The van der Waals surface area contributed by atoms with Crippen LogP contribution in [0.4, 0.5) is 5.69 Å². The van der Waals surface area contributed by atoms with Gasteiger partial charge in [-0.05, 0) is 31.9 Å². The number of aryl methyl sites for hydroxylation is 2. The molecule has 1 aliphatic rings. The van der Waals surface area contributed by atoms with Gasteiger partial charge in [0.25, 0.3) is 0 Å². The van der Waals surface area contributed by atoms with Crippen LogP contribution in [0.5, 0.6) is 0 Å². The topological polar surface area (TPSA) is 66.5 Å². The minimum atomic E-state index is -0.130. The van der Waals surface area contributed by atoms with Crippen molar-refractivity contribution in [3.05, 3.63) is 29.3 Å². The molecule has 0 atom stereocenters. The van der Waals surface area contributed by atoms with Gasteiger partial charge in [0, 0.05) is 31.5 Å². The third kappa shape index (κ3) is 3.90. The molecule has 1 heterocycles. The molecule has 0 spiro atoms. The third-order valence-corrected chi connectivity index (χ3v) is 3.60. The van der Waals surface area contributed by atoms with Crippen LogP contribution < -0.4 is 5.32 Å². The van der Waals surface area contributed by atoms with E-state index in [1.807, 2.05) is 32.0 Å². The fourth-order valence-corrected chi connectivity index (χ4v) is 2.44. The van der Waals surface area contributed by atoms with Crippen molar-refractivity contribution in [2.45, 2.75) is 39.5 Å². The molecule has 1 aromatic rings. The zero-order valence-electron chi connectivity index (χ0n) is 12.4. The smallest absolute Gasteiger partial charge is 0.229 e. The fraction of sp³-hybridized carbons (Fsp3) is 0.438. The van der Waals surface area contributed by atoms with Gasteiger partial charge in [-0.1, -0.05) is 17.7 Å². The average molecular weight is 288 g/mol. The highest BCUT2D eigenvalue weighted by Gasteiger charge is 2.28. The van der Waals surface area contributed by atoms with E-state index in [0.717, 1.165) is 16.8 Å². The number of imide groups is 1. The molecular weight excluding hydrogens is 268 g/mol. The Balaban J connectivity index is 1.80. The van der Waals surface area contributed by atoms with E-state index in [1.54, 1.807) is 0 Å². The molecule has 0 aliphatic carbocycles. The lowest BCUT2D eigenvalue weighted by Gasteiger charge is -2.13. The lowest BCUT2D eigenvalue weighted by atomic mass is 10.1. The molecule has 1 saturated heterocycles.